The Balaban J connectivity index is 2.58. The number of hydrogen-bond donors (Lipinski definition) is 1. The Kier molecular flexibility index (Phi) is 4.45. The first-order valence-corrected chi connectivity index (χ1v) is 4.81. The molecule has 90 valence electrons. The van der Waals surface area contributed by atoms with Gasteiger partial charge in [-0.15, -0.1) is 0 Å². The van der Waals surface area contributed by atoms with Crippen molar-refractivity contribution in [2.24, 2.45) is 0 Å². The van der Waals surface area contributed by atoms with Crippen molar-refractivity contribution in [3.8, 4) is 0 Å². The number of carbonyl (C=O) groups excluding carboxylic acids is 2. The standard InChI is InChI=1S/C10H14O6/c1-6(11)14-5-9-8(15-7(2)12)3-4-10(13)16-9/h3-4,8-10,13H,5H2,1-2H3/t8-,9?,10?/m1/s1. The van der Waals surface area contributed by atoms with Crippen molar-refractivity contribution in [1.29, 1.82) is 0 Å². The van der Waals surface area contributed by atoms with E-state index in [1.165, 1.54) is 26.0 Å². The molecular weight excluding hydrogens is 216 g/mol. The smallest absolute Gasteiger partial charge is 0.303 e. The van der Waals surface area contributed by atoms with Crippen LogP contribution in [0.4, 0.5) is 0 Å². The minimum atomic E-state index is -1.08. The summed E-state index contributed by atoms with van der Waals surface area (Å²) in [5, 5.41) is 9.21. The molecule has 1 aliphatic heterocycles. The molecule has 0 spiro atoms. The lowest BCUT2D eigenvalue weighted by Crippen LogP contribution is -2.41. The fourth-order valence-electron chi connectivity index (χ4n) is 1.27. The van der Waals surface area contributed by atoms with Crippen molar-refractivity contribution >= 4 is 11.9 Å². The normalized spacial score (nSPS) is 28.6. The Bertz CT molecular complexity index is 298. The summed E-state index contributed by atoms with van der Waals surface area (Å²) in [6, 6.07) is 0. The van der Waals surface area contributed by atoms with E-state index in [4.69, 9.17) is 14.2 Å². The molecule has 0 aromatic heterocycles. The quantitative estimate of drug-likeness (QED) is 0.532. The van der Waals surface area contributed by atoms with Gasteiger partial charge in [0, 0.05) is 13.8 Å². The molecule has 1 heterocycles. The van der Waals surface area contributed by atoms with Gasteiger partial charge in [0.05, 0.1) is 0 Å². The molecule has 6 nitrogen and oxygen atoms in total. The molecule has 1 rings (SSSR count). The van der Waals surface area contributed by atoms with Gasteiger partial charge in [0.15, 0.2) is 6.29 Å². The van der Waals surface area contributed by atoms with Crippen LogP contribution in [-0.4, -0.2) is 42.1 Å². The zero-order chi connectivity index (χ0) is 12.1. The number of ether oxygens (including phenoxy) is 3. The predicted molar refractivity (Wildman–Crippen MR) is 52.2 cm³/mol. The number of hydrogen-bond acceptors (Lipinski definition) is 6. The lowest BCUT2D eigenvalue weighted by molar-refractivity contribution is -0.183. The van der Waals surface area contributed by atoms with E-state index in [9.17, 15) is 14.7 Å². The van der Waals surface area contributed by atoms with Crippen LogP contribution >= 0.6 is 0 Å². The topological polar surface area (TPSA) is 82.1 Å². The molecule has 1 N–H and O–H groups in total. The molecule has 0 aromatic rings. The Morgan fingerprint density at radius 1 is 1.31 bits per heavy atom. The van der Waals surface area contributed by atoms with Crippen molar-refractivity contribution in [3.05, 3.63) is 12.2 Å². The molecule has 16 heavy (non-hydrogen) atoms. The van der Waals surface area contributed by atoms with E-state index in [2.05, 4.69) is 0 Å². The lowest BCUT2D eigenvalue weighted by atomic mass is 10.1. The SMILES string of the molecule is CC(=O)OCC1OC(O)C=C[C@H]1OC(C)=O. The molecule has 3 atom stereocenters. The van der Waals surface area contributed by atoms with Gasteiger partial charge in [0.25, 0.3) is 0 Å². The van der Waals surface area contributed by atoms with E-state index in [0.717, 1.165) is 0 Å². The second kappa shape index (κ2) is 5.62. The summed E-state index contributed by atoms with van der Waals surface area (Å²) in [5.41, 5.74) is 0. The van der Waals surface area contributed by atoms with Crippen LogP contribution in [0, 0.1) is 0 Å². The highest BCUT2D eigenvalue weighted by atomic mass is 16.6. The molecule has 6 heteroatoms. The third-order valence-electron chi connectivity index (χ3n) is 1.90. The van der Waals surface area contributed by atoms with Crippen molar-refractivity contribution in [2.45, 2.75) is 32.3 Å². The van der Waals surface area contributed by atoms with Crippen LogP contribution in [0.2, 0.25) is 0 Å². The van der Waals surface area contributed by atoms with Gasteiger partial charge in [-0.25, -0.2) is 0 Å². The van der Waals surface area contributed by atoms with E-state index in [1.54, 1.807) is 0 Å². The number of carbonyl (C=O) groups is 2. The van der Waals surface area contributed by atoms with Crippen LogP contribution in [0.15, 0.2) is 12.2 Å². The number of aliphatic hydroxyl groups excluding tert-OH is 1. The van der Waals surface area contributed by atoms with Gasteiger partial charge >= 0.3 is 11.9 Å². The third-order valence-corrected chi connectivity index (χ3v) is 1.90. The number of aliphatic hydroxyl groups is 1. The molecule has 0 aliphatic carbocycles. The first kappa shape index (κ1) is 12.7. The summed E-state index contributed by atoms with van der Waals surface area (Å²) in [7, 11) is 0. The zero-order valence-electron chi connectivity index (χ0n) is 9.08. The molecule has 0 amide bonds. The summed E-state index contributed by atoms with van der Waals surface area (Å²) in [6.45, 7) is 2.45. The average Bonchev–Trinajstić information content (AvgIpc) is 2.17. The first-order chi connectivity index (χ1) is 7.49. The molecule has 0 saturated carbocycles. The maximum absolute atomic E-state index is 10.8. The van der Waals surface area contributed by atoms with E-state index >= 15 is 0 Å². The Morgan fingerprint density at radius 3 is 2.56 bits per heavy atom. The highest BCUT2D eigenvalue weighted by Crippen LogP contribution is 2.15. The largest absolute Gasteiger partial charge is 0.463 e. The Morgan fingerprint density at radius 2 is 2.00 bits per heavy atom. The van der Waals surface area contributed by atoms with E-state index in [0.29, 0.717) is 0 Å². The van der Waals surface area contributed by atoms with Crippen LogP contribution < -0.4 is 0 Å². The minimum Gasteiger partial charge on any atom is -0.463 e. The zero-order valence-corrected chi connectivity index (χ0v) is 9.08. The van der Waals surface area contributed by atoms with Gasteiger partial charge in [-0.1, -0.05) is 0 Å². The molecule has 0 radical (unpaired) electrons. The fraction of sp³-hybridized carbons (Fsp3) is 0.600. The van der Waals surface area contributed by atoms with Gasteiger partial charge in [-0.3, -0.25) is 9.59 Å². The minimum absolute atomic E-state index is 0.0747. The van der Waals surface area contributed by atoms with Gasteiger partial charge in [-0.2, -0.15) is 0 Å². The molecule has 0 fully saturated rings. The Labute approximate surface area is 92.8 Å². The average molecular weight is 230 g/mol. The molecule has 0 aromatic carbocycles. The monoisotopic (exact) mass is 230 g/mol. The molecular formula is C10H14O6. The predicted octanol–water partition coefficient (Wildman–Crippen LogP) is -0.245. The van der Waals surface area contributed by atoms with Crippen molar-refractivity contribution in [1.82, 2.24) is 0 Å². The van der Waals surface area contributed by atoms with Gasteiger partial charge in [0.1, 0.15) is 18.8 Å². The van der Waals surface area contributed by atoms with E-state index < -0.39 is 30.4 Å². The van der Waals surface area contributed by atoms with Crippen LogP contribution in [0.5, 0.6) is 0 Å². The highest BCUT2D eigenvalue weighted by Gasteiger charge is 2.29. The van der Waals surface area contributed by atoms with E-state index in [1.807, 2.05) is 0 Å². The van der Waals surface area contributed by atoms with E-state index in [-0.39, 0.29) is 6.61 Å². The third kappa shape index (κ3) is 4.00. The second-order valence-electron chi connectivity index (χ2n) is 3.33. The lowest BCUT2D eigenvalue weighted by Gasteiger charge is -2.29. The van der Waals surface area contributed by atoms with Crippen molar-refractivity contribution < 1.29 is 28.9 Å². The van der Waals surface area contributed by atoms with Crippen LogP contribution in [0.1, 0.15) is 13.8 Å². The highest BCUT2D eigenvalue weighted by molar-refractivity contribution is 5.66. The van der Waals surface area contributed by atoms with Crippen LogP contribution in [0.3, 0.4) is 0 Å². The first-order valence-electron chi connectivity index (χ1n) is 4.81. The van der Waals surface area contributed by atoms with Crippen molar-refractivity contribution in [3.63, 3.8) is 0 Å². The van der Waals surface area contributed by atoms with Gasteiger partial charge in [0.2, 0.25) is 0 Å². The Hall–Kier alpha value is -1.40. The second-order valence-corrected chi connectivity index (χ2v) is 3.33. The summed E-state index contributed by atoms with van der Waals surface area (Å²) in [4.78, 5) is 21.4. The molecule has 0 bridgehead atoms. The van der Waals surface area contributed by atoms with Crippen LogP contribution in [-0.2, 0) is 23.8 Å². The number of esters is 2. The van der Waals surface area contributed by atoms with Crippen LogP contribution in [0.25, 0.3) is 0 Å². The van der Waals surface area contributed by atoms with Gasteiger partial charge < -0.3 is 19.3 Å². The maximum atomic E-state index is 10.8. The van der Waals surface area contributed by atoms with Gasteiger partial charge in [-0.05, 0) is 12.2 Å². The summed E-state index contributed by atoms with van der Waals surface area (Å²) < 4.78 is 14.7. The summed E-state index contributed by atoms with van der Waals surface area (Å²) >= 11 is 0. The molecule has 0 saturated heterocycles. The van der Waals surface area contributed by atoms with Crippen molar-refractivity contribution in [2.75, 3.05) is 6.61 Å². The number of rotatable bonds is 3. The molecule has 2 unspecified atom stereocenters. The summed E-state index contributed by atoms with van der Waals surface area (Å²) in [5.74, 6) is -0.934. The maximum Gasteiger partial charge on any atom is 0.303 e. The summed E-state index contributed by atoms with van der Waals surface area (Å²) in [6.07, 6.45) is 0.446. The fourth-order valence-corrected chi connectivity index (χ4v) is 1.27. The molecule has 1 aliphatic rings.